The first-order valence-electron chi connectivity index (χ1n) is 10.5. The molecule has 3 rings (SSSR count). The molecule has 1 aliphatic heterocycles. The van der Waals surface area contributed by atoms with Crippen molar-refractivity contribution in [3.05, 3.63) is 70.8 Å². The van der Waals surface area contributed by atoms with E-state index in [1.807, 2.05) is 31.2 Å². The van der Waals surface area contributed by atoms with Crippen molar-refractivity contribution in [1.29, 1.82) is 0 Å². The zero-order valence-electron chi connectivity index (χ0n) is 18.4. The van der Waals surface area contributed by atoms with Crippen LogP contribution in [0.4, 0.5) is 8.78 Å². The van der Waals surface area contributed by atoms with Gasteiger partial charge in [-0.05, 0) is 43.1 Å². The predicted molar refractivity (Wildman–Crippen MR) is 116 cm³/mol. The number of benzene rings is 2. The molecule has 1 atom stereocenters. The SMILES string of the molecule is CCc1ccccc1C1(CCCN)OC(c2cc(F)ccc2F)=NN1C(=O)C(C)(C)C. The molecule has 166 valence electrons. The molecule has 0 fully saturated rings. The summed E-state index contributed by atoms with van der Waals surface area (Å²) in [6.07, 6.45) is 1.60. The smallest absolute Gasteiger partial charge is 0.251 e. The average Bonchev–Trinajstić information content (AvgIpc) is 3.12. The van der Waals surface area contributed by atoms with Crippen LogP contribution >= 0.6 is 0 Å². The van der Waals surface area contributed by atoms with Crippen molar-refractivity contribution in [1.82, 2.24) is 5.01 Å². The first-order chi connectivity index (χ1) is 14.6. The van der Waals surface area contributed by atoms with E-state index in [0.29, 0.717) is 25.8 Å². The highest BCUT2D eigenvalue weighted by atomic mass is 19.1. The Hall–Kier alpha value is -2.80. The number of hydrogen-bond acceptors (Lipinski definition) is 4. The van der Waals surface area contributed by atoms with Gasteiger partial charge in [-0.25, -0.2) is 8.78 Å². The summed E-state index contributed by atoms with van der Waals surface area (Å²) in [5, 5.41) is 5.72. The van der Waals surface area contributed by atoms with Crippen molar-refractivity contribution in [3.8, 4) is 0 Å². The molecule has 0 bridgehead atoms. The second-order valence-electron chi connectivity index (χ2n) is 8.69. The molecule has 0 saturated heterocycles. The number of carbonyl (C=O) groups is 1. The lowest BCUT2D eigenvalue weighted by Gasteiger charge is -2.39. The molecule has 1 aliphatic rings. The van der Waals surface area contributed by atoms with Gasteiger partial charge in [0.1, 0.15) is 11.6 Å². The molecular formula is C24H29F2N3O2. The van der Waals surface area contributed by atoms with Gasteiger partial charge in [0.2, 0.25) is 11.6 Å². The number of hydrazone groups is 1. The van der Waals surface area contributed by atoms with E-state index in [1.54, 1.807) is 20.8 Å². The van der Waals surface area contributed by atoms with E-state index in [0.717, 1.165) is 29.3 Å². The zero-order valence-corrected chi connectivity index (χ0v) is 18.4. The topological polar surface area (TPSA) is 67.9 Å². The van der Waals surface area contributed by atoms with Crippen LogP contribution in [-0.2, 0) is 21.7 Å². The summed E-state index contributed by atoms with van der Waals surface area (Å²) in [6, 6.07) is 10.7. The number of ether oxygens (including phenoxy) is 1. The lowest BCUT2D eigenvalue weighted by molar-refractivity contribution is -0.161. The van der Waals surface area contributed by atoms with Crippen LogP contribution < -0.4 is 5.73 Å². The maximum atomic E-state index is 14.6. The minimum atomic E-state index is -1.30. The van der Waals surface area contributed by atoms with Crippen molar-refractivity contribution in [2.75, 3.05) is 6.54 Å². The molecule has 2 N–H and O–H groups in total. The summed E-state index contributed by atoms with van der Waals surface area (Å²) in [7, 11) is 0. The number of hydrogen-bond donors (Lipinski definition) is 1. The summed E-state index contributed by atoms with van der Waals surface area (Å²) >= 11 is 0. The fraction of sp³-hybridized carbons (Fsp3) is 0.417. The molecule has 1 amide bonds. The van der Waals surface area contributed by atoms with Crippen LogP contribution in [0.3, 0.4) is 0 Å². The van der Waals surface area contributed by atoms with Gasteiger partial charge in [-0.3, -0.25) is 4.79 Å². The Morgan fingerprint density at radius 1 is 1.19 bits per heavy atom. The molecule has 0 radical (unpaired) electrons. The number of amides is 1. The van der Waals surface area contributed by atoms with E-state index in [4.69, 9.17) is 10.5 Å². The van der Waals surface area contributed by atoms with Crippen LogP contribution in [0.25, 0.3) is 0 Å². The van der Waals surface area contributed by atoms with Gasteiger partial charge in [0.25, 0.3) is 5.91 Å². The highest BCUT2D eigenvalue weighted by molar-refractivity contribution is 5.97. The Morgan fingerprint density at radius 2 is 1.90 bits per heavy atom. The third-order valence-corrected chi connectivity index (χ3v) is 5.33. The fourth-order valence-corrected chi connectivity index (χ4v) is 3.70. The van der Waals surface area contributed by atoms with Crippen LogP contribution in [-0.4, -0.2) is 23.4 Å². The van der Waals surface area contributed by atoms with Gasteiger partial charge in [-0.2, -0.15) is 5.01 Å². The van der Waals surface area contributed by atoms with Crippen molar-refractivity contribution < 1.29 is 18.3 Å². The second kappa shape index (κ2) is 8.75. The number of nitrogens with two attached hydrogens (primary N) is 1. The summed E-state index contributed by atoms with van der Waals surface area (Å²) in [4.78, 5) is 13.5. The van der Waals surface area contributed by atoms with Gasteiger partial charge in [0.05, 0.1) is 5.56 Å². The molecule has 5 nitrogen and oxygen atoms in total. The summed E-state index contributed by atoms with van der Waals surface area (Å²) < 4.78 is 34.8. The third-order valence-electron chi connectivity index (χ3n) is 5.33. The summed E-state index contributed by atoms with van der Waals surface area (Å²) in [5.41, 5.74) is 5.33. The highest BCUT2D eigenvalue weighted by Gasteiger charge is 2.52. The molecule has 0 spiro atoms. The largest absolute Gasteiger partial charge is 0.443 e. The average molecular weight is 430 g/mol. The number of halogens is 2. The molecule has 0 saturated carbocycles. The van der Waals surface area contributed by atoms with Gasteiger partial charge >= 0.3 is 0 Å². The highest BCUT2D eigenvalue weighted by Crippen LogP contribution is 2.44. The second-order valence-corrected chi connectivity index (χ2v) is 8.69. The van der Waals surface area contributed by atoms with E-state index < -0.39 is 22.8 Å². The predicted octanol–water partition coefficient (Wildman–Crippen LogP) is 4.69. The maximum Gasteiger partial charge on any atom is 0.251 e. The van der Waals surface area contributed by atoms with Gasteiger partial charge in [-0.15, -0.1) is 5.10 Å². The molecule has 1 heterocycles. The van der Waals surface area contributed by atoms with Crippen molar-refractivity contribution in [2.45, 2.75) is 52.7 Å². The van der Waals surface area contributed by atoms with Crippen molar-refractivity contribution in [3.63, 3.8) is 0 Å². The molecule has 2 aromatic carbocycles. The molecule has 31 heavy (non-hydrogen) atoms. The number of nitrogens with zero attached hydrogens (tertiary/aromatic N) is 2. The van der Waals surface area contributed by atoms with Crippen molar-refractivity contribution in [2.24, 2.45) is 16.3 Å². The minimum absolute atomic E-state index is 0.127. The third kappa shape index (κ3) is 4.32. The maximum absolute atomic E-state index is 14.6. The Bertz CT molecular complexity index is 1000. The Balaban J connectivity index is 2.24. The fourth-order valence-electron chi connectivity index (χ4n) is 3.70. The quantitative estimate of drug-likeness (QED) is 0.725. The van der Waals surface area contributed by atoms with Crippen molar-refractivity contribution >= 4 is 11.8 Å². The monoisotopic (exact) mass is 429 g/mol. The molecule has 2 aromatic rings. The molecular weight excluding hydrogens is 400 g/mol. The standard InChI is InChI=1S/C24H29F2N3O2/c1-5-16-9-6-7-10-19(16)24(13-8-14-27)29(22(30)23(2,3)4)28-21(31-24)18-15-17(25)11-12-20(18)26/h6-7,9-12,15H,5,8,13-14,27H2,1-4H3. The first-order valence-corrected chi connectivity index (χ1v) is 10.5. The molecule has 0 aliphatic carbocycles. The van der Waals surface area contributed by atoms with E-state index in [9.17, 15) is 13.6 Å². The summed E-state index contributed by atoms with van der Waals surface area (Å²) in [5.74, 6) is -1.72. The number of carbonyl (C=O) groups excluding carboxylic acids is 1. The van der Waals surface area contributed by atoms with Crippen LogP contribution in [0.5, 0.6) is 0 Å². The molecule has 0 aromatic heterocycles. The van der Waals surface area contributed by atoms with Crippen LogP contribution in [0.1, 0.15) is 57.2 Å². The Kier molecular flexibility index (Phi) is 6.46. The summed E-state index contributed by atoms with van der Waals surface area (Å²) in [6.45, 7) is 7.73. The van der Waals surface area contributed by atoms with E-state index in [-0.39, 0.29) is 17.4 Å². The normalized spacial score (nSPS) is 18.7. The van der Waals surface area contributed by atoms with Crippen LogP contribution in [0.15, 0.2) is 47.6 Å². The molecule has 7 heteroatoms. The lowest BCUT2D eigenvalue weighted by atomic mass is 9.88. The number of aryl methyl sites for hydroxylation is 1. The minimum Gasteiger partial charge on any atom is -0.443 e. The van der Waals surface area contributed by atoms with Gasteiger partial charge in [0.15, 0.2) is 0 Å². The van der Waals surface area contributed by atoms with E-state index >= 15 is 0 Å². The van der Waals surface area contributed by atoms with Gasteiger partial charge in [0, 0.05) is 17.4 Å². The molecule has 1 unspecified atom stereocenters. The number of rotatable bonds is 6. The Morgan fingerprint density at radius 3 is 2.55 bits per heavy atom. The first kappa shape index (κ1) is 22.9. The van der Waals surface area contributed by atoms with Gasteiger partial charge in [-0.1, -0.05) is 52.0 Å². The Labute approximate surface area is 181 Å². The van der Waals surface area contributed by atoms with E-state index in [2.05, 4.69) is 5.10 Å². The van der Waals surface area contributed by atoms with E-state index in [1.165, 1.54) is 5.01 Å². The van der Waals surface area contributed by atoms with Gasteiger partial charge < -0.3 is 10.5 Å². The lowest BCUT2D eigenvalue weighted by Crippen LogP contribution is -2.49. The zero-order chi connectivity index (χ0) is 22.8. The van der Waals surface area contributed by atoms with Crippen LogP contribution in [0, 0.1) is 17.0 Å². The van der Waals surface area contributed by atoms with Crippen LogP contribution in [0.2, 0.25) is 0 Å².